The summed E-state index contributed by atoms with van der Waals surface area (Å²) in [5.41, 5.74) is 1.70. The summed E-state index contributed by atoms with van der Waals surface area (Å²) in [4.78, 5) is 24.1. The number of hydrogen-bond donors (Lipinski definition) is 1. The van der Waals surface area contributed by atoms with E-state index in [4.69, 9.17) is 9.47 Å². The summed E-state index contributed by atoms with van der Waals surface area (Å²) in [7, 11) is 0. The molecule has 0 bridgehead atoms. The molecule has 1 aliphatic heterocycles. The highest BCUT2D eigenvalue weighted by Gasteiger charge is 2.31. The quantitative estimate of drug-likeness (QED) is 0.473. The number of carbonyl (C=O) groups excluding carboxylic acids is 2. The van der Waals surface area contributed by atoms with Gasteiger partial charge in [-0.3, -0.25) is 4.79 Å². The average Bonchev–Trinajstić information content (AvgIpc) is 3.08. The fourth-order valence-corrected chi connectivity index (χ4v) is 3.04. The molecular weight excluding hydrogens is 394 g/mol. The van der Waals surface area contributed by atoms with E-state index in [0.717, 1.165) is 5.56 Å². The highest BCUT2D eigenvalue weighted by atomic mass is 16.5. The van der Waals surface area contributed by atoms with Crippen LogP contribution in [0, 0.1) is 0 Å². The Kier molecular flexibility index (Phi) is 5.80. The minimum atomic E-state index is -1.60. The summed E-state index contributed by atoms with van der Waals surface area (Å²) in [6.07, 6.45) is 1.47. The van der Waals surface area contributed by atoms with Crippen LogP contribution in [0.5, 0.6) is 5.75 Å². The van der Waals surface area contributed by atoms with E-state index in [1.807, 2.05) is 36.4 Å². The number of benzene rings is 3. The molecule has 6 nitrogen and oxygen atoms in total. The Labute approximate surface area is 179 Å². The first-order chi connectivity index (χ1) is 15.1. The third-order valence-corrected chi connectivity index (χ3v) is 4.53. The van der Waals surface area contributed by atoms with Crippen LogP contribution in [0.4, 0.5) is 5.69 Å². The molecule has 0 amide bonds. The lowest BCUT2D eigenvalue weighted by molar-refractivity contribution is -0.298. The van der Waals surface area contributed by atoms with Crippen molar-refractivity contribution in [3.8, 4) is 5.75 Å². The summed E-state index contributed by atoms with van der Waals surface area (Å²) >= 11 is 0. The van der Waals surface area contributed by atoms with Gasteiger partial charge in [-0.25, -0.2) is 0 Å². The minimum Gasteiger partial charge on any atom is -0.544 e. The Morgan fingerprint density at radius 3 is 2.39 bits per heavy atom. The summed E-state index contributed by atoms with van der Waals surface area (Å²) in [5, 5.41) is 14.3. The number of ketones is 1. The lowest BCUT2D eigenvalue weighted by atomic mass is 10.1. The van der Waals surface area contributed by atoms with E-state index < -0.39 is 17.3 Å². The molecule has 3 aromatic rings. The van der Waals surface area contributed by atoms with Gasteiger partial charge < -0.3 is 24.7 Å². The molecule has 0 spiro atoms. The standard InChI is InChI=1S/C25H19NO5/c27-23-21(31-24(22(23)25(28)29)26-19-11-5-2-6-12-19)15-18-10-7-13-20(14-18)30-16-17-8-3-1-4-9-17/h1-15,26H,16H2,(H,28,29)/p-1/b21-15-. The van der Waals surface area contributed by atoms with Gasteiger partial charge in [0.2, 0.25) is 11.7 Å². The van der Waals surface area contributed by atoms with Crippen LogP contribution in [0.2, 0.25) is 0 Å². The number of rotatable bonds is 7. The van der Waals surface area contributed by atoms with Crippen molar-refractivity contribution < 1.29 is 24.2 Å². The molecule has 1 N–H and O–H groups in total. The maximum absolute atomic E-state index is 12.6. The molecule has 0 radical (unpaired) electrons. The highest BCUT2D eigenvalue weighted by Crippen LogP contribution is 2.28. The van der Waals surface area contributed by atoms with Crippen LogP contribution in [0.25, 0.3) is 6.08 Å². The van der Waals surface area contributed by atoms with Crippen molar-refractivity contribution in [3.63, 3.8) is 0 Å². The second-order valence-electron chi connectivity index (χ2n) is 6.77. The molecule has 1 heterocycles. The van der Waals surface area contributed by atoms with Crippen LogP contribution in [0.1, 0.15) is 11.1 Å². The third-order valence-electron chi connectivity index (χ3n) is 4.53. The number of para-hydroxylation sites is 1. The largest absolute Gasteiger partial charge is 0.544 e. The number of carbonyl (C=O) groups is 2. The van der Waals surface area contributed by atoms with Crippen LogP contribution in [0.15, 0.2) is 102 Å². The minimum absolute atomic E-state index is 0.113. The molecule has 4 rings (SSSR count). The number of nitrogens with one attached hydrogen (secondary N) is 1. The van der Waals surface area contributed by atoms with Crippen LogP contribution in [-0.2, 0) is 20.9 Å². The first-order valence-corrected chi connectivity index (χ1v) is 9.59. The van der Waals surface area contributed by atoms with Gasteiger partial charge >= 0.3 is 0 Å². The van der Waals surface area contributed by atoms with Crippen molar-refractivity contribution in [1.29, 1.82) is 0 Å². The number of carboxylic acid groups (broad SMARTS) is 1. The second kappa shape index (κ2) is 9.00. The van der Waals surface area contributed by atoms with E-state index in [9.17, 15) is 14.7 Å². The topological polar surface area (TPSA) is 87.7 Å². The zero-order valence-corrected chi connectivity index (χ0v) is 16.4. The highest BCUT2D eigenvalue weighted by molar-refractivity contribution is 6.25. The number of aliphatic carboxylic acids is 1. The molecule has 31 heavy (non-hydrogen) atoms. The van der Waals surface area contributed by atoms with Gasteiger partial charge in [-0.2, -0.15) is 0 Å². The van der Waals surface area contributed by atoms with Crippen molar-refractivity contribution in [2.45, 2.75) is 6.61 Å². The fourth-order valence-electron chi connectivity index (χ4n) is 3.04. The Morgan fingerprint density at radius 2 is 1.68 bits per heavy atom. The number of hydrogen-bond acceptors (Lipinski definition) is 6. The summed E-state index contributed by atoms with van der Waals surface area (Å²) < 4.78 is 11.3. The van der Waals surface area contributed by atoms with E-state index in [1.165, 1.54) is 6.08 Å². The molecule has 0 aromatic heterocycles. The number of ether oxygens (including phenoxy) is 2. The average molecular weight is 412 g/mol. The molecule has 0 saturated heterocycles. The summed E-state index contributed by atoms with van der Waals surface area (Å²) in [6.45, 7) is 0.401. The molecule has 1 aliphatic rings. The third kappa shape index (κ3) is 4.82. The van der Waals surface area contributed by atoms with Gasteiger partial charge in [0, 0.05) is 5.69 Å². The molecular formula is C25H18NO5-. The van der Waals surface area contributed by atoms with E-state index >= 15 is 0 Å². The number of Topliss-reactive ketones (excluding diaryl/α,β-unsaturated/α-hetero) is 1. The van der Waals surface area contributed by atoms with E-state index in [0.29, 0.717) is 23.6 Å². The maximum Gasteiger partial charge on any atom is 0.235 e. The monoisotopic (exact) mass is 412 g/mol. The van der Waals surface area contributed by atoms with Gasteiger partial charge in [-0.15, -0.1) is 0 Å². The lowest BCUT2D eigenvalue weighted by Gasteiger charge is -2.09. The number of allylic oxidation sites excluding steroid dienone is 1. The Morgan fingerprint density at radius 1 is 0.968 bits per heavy atom. The van der Waals surface area contributed by atoms with E-state index in [1.54, 1.807) is 48.5 Å². The van der Waals surface area contributed by atoms with Crippen LogP contribution in [-0.4, -0.2) is 11.8 Å². The van der Waals surface area contributed by atoms with Crippen LogP contribution in [0.3, 0.4) is 0 Å². The SMILES string of the molecule is O=C([O-])C1=C(Nc2ccccc2)O/C(=C\c2cccc(OCc3ccccc3)c2)C1=O. The molecule has 0 saturated carbocycles. The van der Waals surface area contributed by atoms with Crippen molar-refractivity contribution in [1.82, 2.24) is 0 Å². The normalized spacial score (nSPS) is 14.5. The van der Waals surface area contributed by atoms with Crippen LogP contribution >= 0.6 is 0 Å². The first-order valence-electron chi connectivity index (χ1n) is 9.59. The van der Waals surface area contributed by atoms with Crippen molar-refractivity contribution >= 4 is 23.5 Å². The van der Waals surface area contributed by atoms with Gasteiger partial charge in [0.1, 0.15) is 17.9 Å². The van der Waals surface area contributed by atoms with Gasteiger partial charge in [0.05, 0.1) is 5.97 Å². The van der Waals surface area contributed by atoms with Crippen molar-refractivity contribution in [3.05, 3.63) is 113 Å². The predicted molar refractivity (Wildman–Crippen MR) is 113 cm³/mol. The summed E-state index contributed by atoms with van der Waals surface area (Å²) in [6, 6.07) is 25.6. The lowest BCUT2D eigenvalue weighted by Crippen LogP contribution is -2.28. The summed E-state index contributed by atoms with van der Waals surface area (Å²) in [5.74, 6) is -2.03. The molecule has 3 aromatic carbocycles. The van der Waals surface area contributed by atoms with Gasteiger partial charge in [0.15, 0.2) is 5.76 Å². The van der Waals surface area contributed by atoms with Crippen LogP contribution < -0.4 is 15.2 Å². The Hall–Kier alpha value is -4.32. The number of carboxylic acids is 1. The fraction of sp³-hybridized carbons (Fsp3) is 0.0400. The molecule has 6 heteroatoms. The van der Waals surface area contributed by atoms with E-state index in [2.05, 4.69) is 5.32 Å². The van der Waals surface area contributed by atoms with Gasteiger partial charge in [-0.1, -0.05) is 60.7 Å². The predicted octanol–water partition coefficient (Wildman–Crippen LogP) is 3.28. The second-order valence-corrected chi connectivity index (χ2v) is 6.77. The zero-order chi connectivity index (χ0) is 21.6. The van der Waals surface area contributed by atoms with Crippen molar-refractivity contribution in [2.75, 3.05) is 5.32 Å². The molecule has 0 atom stereocenters. The molecule has 0 fully saturated rings. The molecule has 154 valence electrons. The van der Waals surface area contributed by atoms with E-state index in [-0.39, 0.29) is 11.6 Å². The van der Waals surface area contributed by atoms with Crippen molar-refractivity contribution in [2.24, 2.45) is 0 Å². The Bertz CT molecular complexity index is 1170. The molecule has 0 aliphatic carbocycles. The number of anilines is 1. The first kappa shape index (κ1) is 20.0. The van der Waals surface area contributed by atoms with Gasteiger partial charge in [0.25, 0.3) is 0 Å². The Balaban J connectivity index is 1.52. The van der Waals surface area contributed by atoms with Gasteiger partial charge in [-0.05, 0) is 41.5 Å². The zero-order valence-electron chi connectivity index (χ0n) is 16.4. The maximum atomic E-state index is 12.6. The smallest absolute Gasteiger partial charge is 0.235 e. The molecule has 0 unspecified atom stereocenters.